The van der Waals surface area contributed by atoms with Gasteiger partial charge in [-0.05, 0) is 96.4 Å². The summed E-state index contributed by atoms with van der Waals surface area (Å²) in [5, 5.41) is 26.9. The number of unbranched alkanes of at least 4 members (excludes halogenated alkanes) is 1. The number of hydrogen-bond acceptors (Lipinski definition) is 15. The summed E-state index contributed by atoms with van der Waals surface area (Å²) in [4.78, 5) is 57.9. The van der Waals surface area contributed by atoms with Crippen LogP contribution < -0.4 is 10.6 Å². The molecular formula is C53H62Cl2N12O5S2. The quantitative estimate of drug-likeness (QED) is 0.0667. The number of rotatable bonds is 21. The molecule has 21 heteroatoms. The molecule has 7 heterocycles. The number of nitrogens with zero attached hydrogens (tertiary/aromatic N) is 10. The molecule has 2 aromatic carbocycles. The maximum atomic E-state index is 13.9. The molecule has 1 fully saturated rings. The fourth-order valence-corrected chi connectivity index (χ4v) is 12.3. The van der Waals surface area contributed by atoms with Gasteiger partial charge in [-0.3, -0.25) is 33.5 Å². The van der Waals surface area contributed by atoms with Crippen LogP contribution in [0.5, 0.6) is 0 Å². The summed E-state index contributed by atoms with van der Waals surface area (Å²) in [5.41, 5.74) is 6.87. The van der Waals surface area contributed by atoms with Crippen molar-refractivity contribution >= 4 is 74.9 Å². The zero-order chi connectivity index (χ0) is 52.0. The second-order valence-corrected chi connectivity index (χ2v) is 22.0. The standard InChI is InChI=1S/C53H62Cl2N12O5S2/c1-31-33(3)73-52-44(31)46(36-10-14-38(54)15-11-36)59-42(50-63-60-34(4)66(50)52)30-43(69)56-18-25-71-27-28-72-26-19-57-51(70)48-32(2)45-47(37-12-16-39(55)17-13-37)58-41(49-62-61-35(5)67(49)53(45)74-48)29-40(68)9-7-8-20-65-23-21-64(6)22-24-65/h10-17,41-42H,7-9,18-30H2,1-6H3,(H,56,69)(H,57,70)/t41-,42-/m0/s1. The van der Waals surface area contributed by atoms with Crippen LogP contribution in [-0.4, -0.2) is 148 Å². The van der Waals surface area contributed by atoms with Gasteiger partial charge in [-0.1, -0.05) is 47.5 Å². The summed E-state index contributed by atoms with van der Waals surface area (Å²) in [5.74, 6) is 2.26. The molecule has 0 spiro atoms. The number of hydrogen-bond donors (Lipinski definition) is 2. The highest BCUT2D eigenvalue weighted by molar-refractivity contribution is 7.17. The van der Waals surface area contributed by atoms with Gasteiger partial charge in [-0.25, -0.2) is 0 Å². The number of ketones is 1. The molecular weight excluding hydrogens is 1020 g/mol. The summed E-state index contributed by atoms with van der Waals surface area (Å²) in [6.07, 6.45) is 2.53. The van der Waals surface area contributed by atoms with Crippen LogP contribution in [0.25, 0.3) is 10.0 Å². The first kappa shape index (κ1) is 53.3. The summed E-state index contributed by atoms with van der Waals surface area (Å²) in [6.45, 7) is 16.9. The number of aliphatic imine (C=N–C) groups is 2. The van der Waals surface area contributed by atoms with Gasteiger partial charge in [0.1, 0.15) is 39.5 Å². The Bertz CT molecular complexity index is 3060. The number of amides is 2. The van der Waals surface area contributed by atoms with Crippen molar-refractivity contribution < 1.29 is 23.9 Å². The van der Waals surface area contributed by atoms with Crippen LogP contribution in [0.3, 0.4) is 0 Å². The van der Waals surface area contributed by atoms with E-state index >= 15 is 0 Å². The Morgan fingerprint density at radius 2 is 1.18 bits per heavy atom. The van der Waals surface area contributed by atoms with Crippen molar-refractivity contribution in [3.8, 4) is 10.0 Å². The average molecular weight is 1080 g/mol. The molecule has 390 valence electrons. The van der Waals surface area contributed by atoms with Crippen molar-refractivity contribution in [1.29, 1.82) is 0 Å². The number of fused-ring (bicyclic) bond motifs is 6. The van der Waals surface area contributed by atoms with Crippen molar-refractivity contribution in [2.75, 3.05) is 79.3 Å². The minimum Gasteiger partial charge on any atom is -0.377 e. The first-order valence-electron chi connectivity index (χ1n) is 25.1. The largest absolute Gasteiger partial charge is 0.377 e. The topological polar surface area (TPSA) is 186 Å². The molecule has 2 amide bonds. The normalized spacial score (nSPS) is 16.6. The average Bonchev–Trinajstić information content (AvgIpc) is 4.09. The first-order chi connectivity index (χ1) is 35.7. The number of ether oxygens (including phenoxy) is 2. The first-order valence-corrected chi connectivity index (χ1v) is 27.5. The smallest absolute Gasteiger partial charge is 0.261 e. The molecule has 0 bridgehead atoms. The number of likely N-dealkylation sites (N-methyl/N-ethyl adjacent to an activating group) is 1. The summed E-state index contributed by atoms with van der Waals surface area (Å²) >= 11 is 15.6. The number of benzene rings is 2. The Morgan fingerprint density at radius 1 is 0.649 bits per heavy atom. The van der Waals surface area contributed by atoms with Gasteiger partial charge < -0.3 is 29.9 Å². The molecule has 6 aromatic rings. The van der Waals surface area contributed by atoms with Gasteiger partial charge in [0.2, 0.25) is 5.91 Å². The number of aromatic nitrogens is 6. The van der Waals surface area contributed by atoms with E-state index in [4.69, 9.17) is 42.7 Å². The van der Waals surface area contributed by atoms with Gasteiger partial charge in [0, 0.05) is 89.3 Å². The Hall–Kier alpha value is -5.51. The van der Waals surface area contributed by atoms with E-state index in [0.29, 0.717) is 64.3 Å². The van der Waals surface area contributed by atoms with Crippen LogP contribution in [-0.2, 0) is 19.1 Å². The van der Waals surface area contributed by atoms with Gasteiger partial charge in [0.25, 0.3) is 5.91 Å². The molecule has 0 aliphatic carbocycles. The summed E-state index contributed by atoms with van der Waals surface area (Å²) < 4.78 is 15.6. The number of thiophene rings is 2. The number of carbonyl (C=O) groups excluding carboxylic acids is 3. The zero-order valence-electron chi connectivity index (χ0n) is 42.7. The van der Waals surface area contributed by atoms with Crippen LogP contribution >= 0.6 is 45.9 Å². The SMILES string of the molecule is Cc1sc2c(c1C)C(c1ccc(Cl)cc1)=N[C@@H](CC(=O)NCCOCCOCCNC(=O)c1sc3c(c1C)C(c1ccc(Cl)cc1)=N[C@@H](CC(=O)CCCCN1CCN(C)CC1)c1nnc(C)n1-3)c1nnc(C)n1-2. The second kappa shape index (κ2) is 24.0. The number of halogens is 2. The van der Waals surface area contributed by atoms with Gasteiger partial charge in [-0.15, -0.1) is 43.1 Å². The number of carbonyl (C=O) groups is 3. The van der Waals surface area contributed by atoms with Crippen molar-refractivity contribution in [3.05, 3.63) is 125 Å². The van der Waals surface area contributed by atoms with Crippen molar-refractivity contribution in [1.82, 2.24) is 50.0 Å². The monoisotopic (exact) mass is 1080 g/mol. The lowest BCUT2D eigenvalue weighted by molar-refractivity contribution is -0.122. The summed E-state index contributed by atoms with van der Waals surface area (Å²) in [6, 6.07) is 13.9. The molecule has 0 saturated carbocycles. The van der Waals surface area contributed by atoms with Crippen LogP contribution in [0.4, 0.5) is 0 Å². The molecule has 2 atom stereocenters. The third kappa shape index (κ3) is 11.9. The summed E-state index contributed by atoms with van der Waals surface area (Å²) in [7, 11) is 2.15. The molecule has 74 heavy (non-hydrogen) atoms. The molecule has 2 N–H and O–H groups in total. The molecule has 0 unspecified atom stereocenters. The fraction of sp³-hybridized carbons (Fsp3) is 0.453. The molecule has 9 rings (SSSR count). The van der Waals surface area contributed by atoms with E-state index in [0.717, 1.165) is 100 Å². The van der Waals surface area contributed by atoms with Crippen LogP contribution in [0.15, 0.2) is 58.5 Å². The van der Waals surface area contributed by atoms with Crippen LogP contribution in [0.2, 0.25) is 10.0 Å². The van der Waals surface area contributed by atoms with E-state index in [1.54, 1.807) is 11.3 Å². The minimum absolute atomic E-state index is 0.0733. The predicted octanol–water partition coefficient (Wildman–Crippen LogP) is 7.95. The lowest BCUT2D eigenvalue weighted by Gasteiger charge is -2.32. The highest BCUT2D eigenvalue weighted by Crippen LogP contribution is 2.42. The van der Waals surface area contributed by atoms with E-state index in [-0.39, 0.29) is 50.2 Å². The number of nitrogens with one attached hydrogen (secondary N) is 2. The number of piperazine rings is 1. The highest BCUT2D eigenvalue weighted by atomic mass is 35.5. The maximum absolute atomic E-state index is 13.9. The Kier molecular flexibility index (Phi) is 17.3. The van der Waals surface area contributed by atoms with E-state index in [1.165, 1.54) is 16.2 Å². The maximum Gasteiger partial charge on any atom is 0.261 e. The third-order valence-electron chi connectivity index (χ3n) is 13.7. The van der Waals surface area contributed by atoms with Crippen molar-refractivity contribution in [2.45, 2.75) is 78.8 Å². The van der Waals surface area contributed by atoms with Gasteiger partial charge in [0.05, 0.1) is 49.1 Å². The number of aryl methyl sites for hydroxylation is 3. The predicted molar refractivity (Wildman–Crippen MR) is 291 cm³/mol. The second-order valence-electron chi connectivity index (χ2n) is 19.0. The highest BCUT2D eigenvalue weighted by Gasteiger charge is 2.35. The molecule has 3 aliphatic rings. The van der Waals surface area contributed by atoms with Crippen LogP contribution in [0, 0.1) is 34.6 Å². The Morgan fingerprint density at radius 3 is 1.76 bits per heavy atom. The van der Waals surface area contributed by atoms with Gasteiger partial charge >= 0.3 is 0 Å². The van der Waals surface area contributed by atoms with E-state index < -0.39 is 12.1 Å². The Labute approximate surface area is 449 Å². The van der Waals surface area contributed by atoms with E-state index in [2.05, 4.69) is 61.7 Å². The molecule has 4 aromatic heterocycles. The van der Waals surface area contributed by atoms with Crippen LogP contribution in [0.1, 0.15) is 115 Å². The van der Waals surface area contributed by atoms with E-state index in [9.17, 15) is 14.4 Å². The van der Waals surface area contributed by atoms with E-state index in [1.807, 2.05) is 78.4 Å². The number of Topliss-reactive ketones (excluding diaryl/α,β-unsaturated/α-hetero) is 1. The Balaban J connectivity index is 0.759. The van der Waals surface area contributed by atoms with Gasteiger partial charge in [0.15, 0.2) is 11.6 Å². The van der Waals surface area contributed by atoms with Crippen molar-refractivity contribution in [3.63, 3.8) is 0 Å². The lowest BCUT2D eigenvalue weighted by Crippen LogP contribution is -2.44. The molecule has 1 saturated heterocycles. The molecule has 17 nitrogen and oxygen atoms in total. The third-order valence-corrected chi connectivity index (χ3v) is 16.7. The lowest BCUT2D eigenvalue weighted by atomic mass is 9.99. The van der Waals surface area contributed by atoms with Crippen molar-refractivity contribution in [2.24, 2.45) is 9.98 Å². The zero-order valence-corrected chi connectivity index (χ0v) is 45.8. The minimum atomic E-state index is -0.575. The van der Waals surface area contributed by atoms with Gasteiger partial charge in [-0.2, -0.15) is 0 Å². The molecule has 0 radical (unpaired) electrons. The fourth-order valence-electron chi connectivity index (χ4n) is 9.57. The molecule has 3 aliphatic heterocycles.